The SMILES string of the molecule is COC(=O)c1csc(NCc2ccccc2)n1. The summed E-state index contributed by atoms with van der Waals surface area (Å²) in [6.45, 7) is 0.689. The van der Waals surface area contributed by atoms with Gasteiger partial charge in [0.25, 0.3) is 0 Å². The Hall–Kier alpha value is -1.88. The van der Waals surface area contributed by atoms with E-state index in [-0.39, 0.29) is 0 Å². The zero-order chi connectivity index (χ0) is 12.1. The van der Waals surface area contributed by atoms with Crippen LogP contribution in [0.4, 0.5) is 5.13 Å². The van der Waals surface area contributed by atoms with Gasteiger partial charge in [0, 0.05) is 11.9 Å². The Morgan fingerprint density at radius 1 is 1.41 bits per heavy atom. The Morgan fingerprint density at radius 2 is 2.18 bits per heavy atom. The number of methoxy groups -OCH3 is 1. The number of aromatic nitrogens is 1. The first-order valence-electron chi connectivity index (χ1n) is 5.11. The summed E-state index contributed by atoms with van der Waals surface area (Å²) in [5.41, 5.74) is 1.51. The molecule has 0 saturated heterocycles. The van der Waals surface area contributed by atoms with Crippen LogP contribution in [-0.2, 0) is 11.3 Å². The minimum Gasteiger partial charge on any atom is -0.464 e. The van der Waals surface area contributed by atoms with Gasteiger partial charge in [-0.3, -0.25) is 0 Å². The summed E-state index contributed by atoms with van der Waals surface area (Å²) >= 11 is 1.39. The molecule has 1 aromatic heterocycles. The summed E-state index contributed by atoms with van der Waals surface area (Å²) in [7, 11) is 1.35. The quantitative estimate of drug-likeness (QED) is 0.845. The van der Waals surface area contributed by atoms with Gasteiger partial charge in [-0.1, -0.05) is 30.3 Å². The highest BCUT2D eigenvalue weighted by atomic mass is 32.1. The molecule has 0 unspecified atom stereocenters. The molecule has 0 spiro atoms. The Kier molecular flexibility index (Phi) is 3.72. The smallest absolute Gasteiger partial charge is 0.357 e. The second-order valence-corrected chi connectivity index (χ2v) is 4.23. The Labute approximate surface area is 103 Å². The maximum Gasteiger partial charge on any atom is 0.357 e. The van der Waals surface area contributed by atoms with Crippen molar-refractivity contribution in [3.05, 3.63) is 47.0 Å². The van der Waals surface area contributed by atoms with E-state index in [0.29, 0.717) is 17.4 Å². The van der Waals surface area contributed by atoms with Crippen molar-refractivity contribution in [3.8, 4) is 0 Å². The predicted octanol–water partition coefficient (Wildman–Crippen LogP) is 2.54. The number of esters is 1. The fourth-order valence-electron chi connectivity index (χ4n) is 1.33. The van der Waals surface area contributed by atoms with Crippen molar-refractivity contribution < 1.29 is 9.53 Å². The number of hydrogen-bond acceptors (Lipinski definition) is 5. The normalized spacial score (nSPS) is 9.94. The zero-order valence-corrected chi connectivity index (χ0v) is 10.2. The summed E-state index contributed by atoms with van der Waals surface area (Å²) < 4.78 is 4.59. The molecular weight excluding hydrogens is 236 g/mol. The monoisotopic (exact) mass is 248 g/mol. The molecule has 2 rings (SSSR count). The van der Waals surface area contributed by atoms with Crippen LogP contribution < -0.4 is 5.32 Å². The number of thiazole rings is 1. The van der Waals surface area contributed by atoms with Gasteiger partial charge in [0.2, 0.25) is 0 Å². The number of anilines is 1. The van der Waals surface area contributed by atoms with Crippen molar-refractivity contribution in [1.29, 1.82) is 0 Å². The van der Waals surface area contributed by atoms with E-state index < -0.39 is 5.97 Å². The van der Waals surface area contributed by atoms with Gasteiger partial charge >= 0.3 is 5.97 Å². The number of nitrogens with one attached hydrogen (secondary N) is 1. The van der Waals surface area contributed by atoms with Crippen molar-refractivity contribution >= 4 is 22.4 Å². The second-order valence-electron chi connectivity index (χ2n) is 3.37. The number of rotatable bonds is 4. The second kappa shape index (κ2) is 5.45. The van der Waals surface area contributed by atoms with Crippen LogP contribution in [0.1, 0.15) is 16.1 Å². The first-order valence-corrected chi connectivity index (χ1v) is 5.99. The van der Waals surface area contributed by atoms with Crippen LogP contribution in [0.5, 0.6) is 0 Å². The van der Waals surface area contributed by atoms with Gasteiger partial charge in [-0.15, -0.1) is 11.3 Å². The molecule has 5 heteroatoms. The number of nitrogens with zero attached hydrogens (tertiary/aromatic N) is 1. The summed E-state index contributed by atoms with van der Waals surface area (Å²) in [6.07, 6.45) is 0. The number of carbonyl (C=O) groups is 1. The van der Waals surface area contributed by atoms with E-state index >= 15 is 0 Å². The van der Waals surface area contributed by atoms with Crippen LogP contribution in [0, 0.1) is 0 Å². The van der Waals surface area contributed by atoms with Crippen molar-refractivity contribution in [2.24, 2.45) is 0 Å². The molecule has 88 valence electrons. The molecule has 0 aliphatic carbocycles. The van der Waals surface area contributed by atoms with Gasteiger partial charge in [0.05, 0.1) is 7.11 Å². The molecule has 1 heterocycles. The van der Waals surface area contributed by atoms with E-state index in [4.69, 9.17) is 0 Å². The summed E-state index contributed by atoms with van der Waals surface area (Å²) in [5.74, 6) is -0.408. The first kappa shape index (κ1) is 11.6. The standard InChI is InChI=1S/C12H12N2O2S/c1-16-11(15)10-8-17-12(14-10)13-7-9-5-3-2-4-6-9/h2-6,8H,7H2,1H3,(H,13,14). The lowest BCUT2D eigenvalue weighted by Crippen LogP contribution is -2.03. The Morgan fingerprint density at radius 3 is 2.88 bits per heavy atom. The van der Waals surface area contributed by atoms with Gasteiger partial charge in [0.15, 0.2) is 10.8 Å². The average molecular weight is 248 g/mol. The molecule has 0 saturated carbocycles. The van der Waals surface area contributed by atoms with Crippen LogP contribution in [-0.4, -0.2) is 18.1 Å². The van der Waals surface area contributed by atoms with Gasteiger partial charge in [0.1, 0.15) is 0 Å². The molecule has 0 aliphatic rings. The first-order chi connectivity index (χ1) is 8.29. The summed E-state index contributed by atoms with van der Waals surface area (Å²) in [6, 6.07) is 10.0. The predicted molar refractivity (Wildman–Crippen MR) is 67.2 cm³/mol. The lowest BCUT2D eigenvalue weighted by atomic mass is 10.2. The van der Waals surface area contributed by atoms with Crippen LogP contribution >= 0.6 is 11.3 Å². The number of ether oxygens (including phenoxy) is 1. The Bertz CT molecular complexity index is 496. The molecule has 2 aromatic rings. The van der Waals surface area contributed by atoms with Gasteiger partial charge < -0.3 is 10.1 Å². The van der Waals surface area contributed by atoms with Gasteiger partial charge in [-0.2, -0.15) is 0 Å². The van der Waals surface area contributed by atoms with Crippen molar-refractivity contribution in [1.82, 2.24) is 4.98 Å². The molecule has 1 N–H and O–H groups in total. The minimum absolute atomic E-state index is 0.341. The van der Waals surface area contributed by atoms with E-state index in [1.165, 1.54) is 24.0 Å². The summed E-state index contributed by atoms with van der Waals surface area (Å²) in [5, 5.41) is 5.56. The fourth-order valence-corrected chi connectivity index (χ4v) is 2.01. The molecule has 0 aliphatic heterocycles. The van der Waals surface area contributed by atoms with E-state index in [9.17, 15) is 4.79 Å². The fraction of sp³-hybridized carbons (Fsp3) is 0.167. The van der Waals surface area contributed by atoms with Crippen molar-refractivity contribution in [3.63, 3.8) is 0 Å². The van der Waals surface area contributed by atoms with Crippen LogP contribution in [0.25, 0.3) is 0 Å². The highest BCUT2D eigenvalue weighted by Gasteiger charge is 2.09. The Balaban J connectivity index is 1.96. The van der Waals surface area contributed by atoms with Crippen LogP contribution in [0.15, 0.2) is 35.7 Å². The zero-order valence-electron chi connectivity index (χ0n) is 9.34. The van der Waals surface area contributed by atoms with Gasteiger partial charge in [-0.25, -0.2) is 9.78 Å². The lowest BCUT2D eigenvalue weighted by Gasteiger charge is -2.01. The van der Waals surface area contributed by atoms with Crippen molar-refractivity contribution in [2.45, 2.75) is 6.54 Å². The number of carbonyl (C=O) groups excluding carboxylic acids is 1. The largest absolute Gasteiger partial charge is 0.464 e. The van der Waals surface area contributed by atoms with Crippen LogP contribution in [0.2, 0.25) is 0 Å². The van der Waals surface area contributed by atoms with E-state index in [1.54, 1.807) is 5.38 Å². The third kappa shape index (κ3) is 3.04. The maximum absolute atomic E-state index is 11.2. The molecule has 4 nitrogen and oxygen atoms in total. The molecular formula is C12H12N2O2S. The molecule has 17 heavy (non-hydrogen) atoms. The summed E-state index contributed by atoms with van der Waals surface area (Å²) in [4.78, 5) is 15.3. The minimum atomic E-state index is -0.408. The van der Waals surface area contributed by atoms with Crippen molar-refractivity contribution in [2.75, 3.05) is 12.4 Å². The maximum atomic E-state index is 11.2. The topological polar surface area (TPSA) is 51.2 Å². The average Bonchev–Trinajstić information content (AvgIpc) is 2.85. The lowest BCUT2D eigenvalue weighted by molar-refractivity contribution is 0.0595. The molecule has 0 fully saturated rings. The van der Waals surface area contributed by atoms with Crippen LogP contribution in [0.3, 0.4) is 0 Å². The third-order valence-electron chi connectivity index (χ3n) is 2.19. The van der Waals surface area contributed by atoms with E-state index in [0.717, 1.165) is 0 Å². The third-order valence-corrected chi connectivity index (χ3v) is 2.99. The van der Waals surface area contributed by atoms with Gasteiger partial charge in [-0.05, 0) is 5.56 Å². The number of benzene rings is 1. The molecule has 1 aromatic carbocycles. The molecule has 0 bridgehead atoms. The van der Waals surface area contributed by atoms with E-state index in [1.807, 2.05) is 30.3 Å². The molecule has 0 atom stereocenters. The van der Waals surface area contributed by atoms with E-state index in [2.05, 4.69) is 15.0 Å². The number of hydrogen-bond donors (Lipinski definition) is 1. The highest BCUT2D eigenvalue weighted by Crippen LogP contribution is 2.16. The molecule has 0 radical (unpaired) electrons. The molecule has 0 amide bonds. The highest BCUT2D eigenvalue weighted by molar-refractivity contribution is 7.13.